The number of aromatic nitrogens is 1. The second-order valence-corrected chi connectivity index (χ2v) is 5.71. The number of nitrogens with zero attached hydrogens (tertiary/aromatic N) is 2. The summed E-state index contributed by atoms with van der Waals surface area (Å²) in [5, 5.41) is 3.29. The lowest BCUT2D eigenvalue weighted by atomic mass is 10.1. The van der Waals surface area contributed by atoms with Crippen molar-refractivity contribution >= 4 is 5.82 Å². The molecule has 0 radical (unpaired) electrons. The van der Waals surface area contributed by atoms with Crippen LogP contribution in [0.3, 0.4) is 0 Å². The van der Waals surface area contributed by atoms with Crippen LogP contribution in [-0.2, 0) is 0 Å². The zero-order valence-corrected chi connectivity index (χ0v) is 12.5. The van der Waals surface area contributed by atoms with Gasteiger partial charge in [0.15, 0.2) is 0 Å². The molecule has 19 heavy (non-hydrogen) atoms. The smallest absolute Gasteiger partial charge is 0.128 e. The van der Waals surface area contributed by atoms with E-state index in [1.807, 2.05) is 13.2 Å². The predicted molar refractivity (Wildman–Crippen MR) is 81.6 cm³/mol. The second kappa shape index (κ2) is 6.90. The van der Waals surface area contributed by atoms with Crippen LogP contribution in [0.1, 0.15) is 57.1 Å². The first-order valence-electron chi connectivity index (χ1n) is 7.58. The zero-order chi connectivity index (χ0) is 13.7. The highest BCUT2D eigenvalue weighted by Crippen LogP contribution is 2.25. The number of pyridine rings is 1. The van der Waals surface area contributed by atoms with Crippen LogP contribution < -0.4 is 10.2 Å². The molecule has 3 heteroatoms. The summed E-state index contributed by atoms with van der Waals surface area (Å²) in [6.45, 7) is 2.19. The van der Waals surface area contributed by atoms with E-state index in [1.54, 1.807) is 0 Å². The molecule has 1 unspecified atom stereocenters. The van der Waals surface area contributed by atoms with Gasteiger partial charge in [0.1, 0.15) is 5.82 Å². The van der Waals surface area contributed by atoms with Crippen LogP contribution in [0.4, 0.5) is 5.82 Å². The molecule has 3 nitrogen and oxygen atoms in total. The van der Waals surface area contributed by atoms with Gasteiger partial charge in [-0.25, -0.2) is 4.98 Å². The Hall–Kier alpha value is -1.09. The Balaban J connectivity index is 2.11. The average molecular weight is 261 g/mol. The van der Waals surface area contributed by atoms with Crippen LogP contribution in [0.5, 0.6) is 0 Å². The van der Waals surface area contributed by atoms with Gasteiger partial charge >= 0.3 is 0 Å². The first-order chi connectivity index (χ1) is 9.22. The zero-order valence-electron chi connectivity index (χ0n) is 12.5. The summed E-state index contributed by atoms with van der Waals surface area (Å²) in [6, 6.07) is 5.37. The highest BCUT2D eigenvalue weighted by molar-refractivity contribution is 5.42. The first-order valence-corrected chi connectivity index (χ1v) is 7.58. The van der Waals surface area contributed by atoms with Crippen molar-refractivity contribution in [1.82, 2.24) is 10.3 Å². The molecule has 1 aliphatic rings. The molecule has 1 heterocycles. The lowest BCUT2D eigenvalue weighted by Gasteiger charge is -2.28. The molecular weight excluding hydrogens is 234 g/mol. The molecule has 1 saturated carbocycles. The first kappa shape index (κ1) is 14.3. The van der Waals surface area contributed by atoms with Crippen molar-refractivity contribution in [3.05, 3.63) is 23.9 Å². The lowest BCUT2D eigenvalue weighted by molar-refractivity contribution is 0.548. The Morgan fingerprint density at radius 3 is 2.58 bits per heavy atom. The van der Waals surface area contributed by atoms with Crippen LogP contribution in [0.2, 0.25) is 0 Å². The fraction of sp³-hybridized carbons (Fsp3) is 0.688. The van der Waals surface area contributed by atoms with Crippen molar-refractivity contribution in [2.75, 3.05) is 19.0 Å². The van der Waals surface area contributed by atoms with Crippen LogP contribution in [-0.4, -0.2) is 25.1 Å². The second-order valence-electron chi connectivity index (χ2n) is 5.71. The van der Waals surface area contributed by atoms with E-state index in [2.05, 4.69) is 41.3 Å². The quantitative estimate of drug-likeness (QED) is 0.841. The van der Waals surface area contributed by atoms with Crippen LogP contribution in [0.25, 0.3) is 0 Å². The Bertz CT molecular complexity index is 383. The molecule has 1 aliphatic carbocycles. The number of nitrogens with one attached hydrogen (secondary N) is 1. The van der Waals surface area contributed by atoms with Crippen LogP contribution in [0, 0.1) is 0 Å². The summed E-state index contributed by atoms with van der Waals surface area (Å²) in [5.41, 5.74) is 1.31. The minimum atomic E-state index is 0.379. The maximum atomic E-state index is 4.56. The molecule has 0 amide bonds. The molecule has 1 atom stereocenters. The molecule has 1 aromatic heterocycles. The van der Waals surface area contributed by atoms with E-state index >= 15 is 0 Å². The van der Waals surface area contributed by atoms with E-state index in [9.17, 15) is 0 Å². The third kappa shape index (κ3) is 3.69. The van der Waals surface area contributed by atoms with Gasteiger partial charge in [-0.05, 0) is 44.5 Å². The van der Waals surface area contributed by atoms with Crippen molar-refractivity contribution in [2.45, 2.75) is 57.5 Å². The Kier molecular flexibility index (Phi) is 5.20. The molecule has 0 aliphatic heterocycles. The van der Waals surface area contributed by atoms with Gasteiger partial charge in [0.25, 0.3) is 0 Å². The van der Waals surface area contributed by atoms with Gasteiger partial charge in [0.05, 0.1) is 0 Å². The summed E-state index contributed by atoms with van der Waals surface area (Å²) in [5.74, 6) is 1.12. The third-order valence-corrected chi connectivity index (χ3v) is 4.44. The van der Waals surface area contributed by atoms with E-state index in [0.29, 0.717) is 12.1 Å². The molecule has 1 fully saturated rings. The monoisotopic (exact) mass is 261 g/mol. The van der Waals surface area contributed by atoms with Crippen molar-refractivity contribution < 1.29 is 0 Å². The van der Waals surface area contributed by atoms with Gasteiger partial charge in [-0.3, -0.25) is 0 Å². The van der Waals surface area contributed by atoms with E-state index in [-0.39, 0.29) is 0 Å². The van der Waals surface area contributed by atoms with Crippen molar-refractivity contribution in [3.8, 4) is 0 Å². The van der Waals surface area contributed by atoms with Crippen molar-refractivity contribution in [3.63, 3.8) is 0 Å². The molecule has 0 spiro atoms. The molecular formula is C16H27N3. The minimum absolute atomic E-state index is 0.379. The predicted octanol–water partition coefficient (Wildman–Crippen LogP) is 3.52. The van der Waals surface area contributed by atoms with E-state index in [1.165, 1.54) is 44.1 Å². The summed E-state index contributed by atoms with van der Waals surface area (Å²) in [6.07, 6.45) is 10.1. The summed E-state index contributed by atoms with van der Waals surface area (Å²) < 4.78 is 0. The molecule has 0 aromatic carbocycles. The van der Waals surface area contributed by atoms with E-state index < -0.39 is 0 Å². The van der Waals surface area contributed by atoms with Gasteiger partial charge in [-0.1, -0.05) is 25.7 Å². The number of hydrogen-bond donors (Lipinski definition) is 1. The highest BCUT2D eigenvalue weighted by Gasteiger charge is 2.18. The third-order valence-electron chi connectivity index (χ3n) is 4.44. The fourth-order valence-corrected chi connectivity index (χ4v) is 2.90. The largest absolute Gasteiger partial charge is 0.357 e. The fourth-order valence-electron chi connectivity index (χ4n) is 2.90. The standard InChI is InChI=1S/C16H27N3/c1-13(17-2)14-10-11-18-16(12-14)19(3)15-8-6-4-5-7-9-15/h10-13,15,17H,4-9H2,1-3H3. The number of hydrogen-bond acceptors (Lipinski definition) is 3. The number of anilines is 1. The van der Waals surface area contributed by atoms with Gasteiger partial charge in [-0.2, -0.15) is 0 Å². The molecule has 0 bridgehead atoms. The molecule has 1 aromatic rings. The Morgan fingerprint density at radius 1 is 1.26 bits per heavy atom. The average Bonchev–Trinajstić information content (AvgIpc) is 2.75. The normalized spacial score (nSPS) is 18.9. The van der Waals surface area contributed by atoms with E-state index in [4.69, 9.17) is 0 Å². The summed E-state index contributed by atoms with van der Waals surface area (Å²) in [4.78, 5) is 6.95. The van der Waals surface area contributed by atoms with Crippen LogP contribution >= 0.6 is 0 Å². The van der Waals surface area contributed by atoms with E-state index in [0.717, 1.165) is 5.82 Å². The Morgan fingerprint density at radius 2 is 1.95 bits per heavy atom. The van der Waals surface area contributed by atoms with Crippen LogP contribution in [0.15, 0.2) is 18.3 Å². The van der Waals surface area contributed by atoms with Gasteiger partial charge in [0.2, 0.25) is 0 Å². The van der Waals surface area contributed by atoms with Gasteiger partial charge < -0.3 is 10.2 Å². The summed E-state index contributed by atoms with van der Waals surface area (Å²) >= 11 is 0. The molecule has 0 saturated heterocycles. The molecule has 2 rings (SSSR count). The maximum absolute atomic E-state index is 4.56. The SMILES string of the molecule is CNC(C)c1ccnc(N(C)C2CCCCCC2)c1. The van der Waals surface area contributed by atoms with Gasteiger partial charge in [0, 0.05) is 25.3 Å². The van der Waals surface area contributed by atoms with Crippen molar-refractivity contribution in [1.29, 1.82) is 0 Å². The molecule has 106 valence electrons. The van der Waals surface area contributed by atoms with Crippen molar-refractivity contribution in [2.24, 2.45) is 0 Å². The minimum Gasteiger partial charge on any atom is -0.357 e. The molecule has 1 N–H and O–H groups in total. The lowest BCUT2D eigenvalue weighted by Crippen LogP contribution is -2.31. The Labute approximate surface area is 117 Å². The maximum Gasteiger partial charge on any atom is 0.128 e. The highest BCUT2D eigenvalue weighted by atomic mass is 15.2. The van der Waals surface area contributed by atoms with Gasteiger partial charge in [-0.15, -0.1) is 0 Å². The summed E-state index contributed by atoms with van der Waals surface area (Å²) in [7, 11) is 4.20. The topological polar surface area (TPSA) is 28.2 Å². The number of rotatable bonds is 4.